The van der Waals surface area contributed by atoms with Crippen LogP contribution in [0, 0.1) is 12.3 Å². The molecular weight excluding hydrogens is 335 g/mol. The summed E-state index contributed by atoms with van der Waals surface area (Å²) in [7, 11) is 0. The lowest BCUT2D eigenvalue weighted by Gasteiger charge is -2.28. The van der Waals surface area contributed by atoms with Crippen LogP contribution in [0.15, 0.2) is 24.5 Å². The molecule has 2 heterocycles. The third-order valence-electron chi connectivity index (χ3n) is 4.30. The molecule has 0 aliphatic heterocycles. The number of halogens is 2. The minimum absolute atomic E-state index is 0. The summed E-state index contributed by atoms with van der Waals surface area (Å²) < 4.78 is 1.98. The van der Waals surface area contributed by atoms with E-state index in [-0.39, 0.29) is 30.7 Å². The Balaban J connectivity index is 0.00000242. The minimum atomic E-state index is -0.463. The van der Waals surface area contributed by atoms with Crippen LogP contribution in [0.5, 0.6) is 0 Å². The summed E-state index contributed by atoms with van der Waals surface area (Å²) in [6, 6.07) is 4.00. The van der Waals surface area contributed by atoms with E-state index in [0.29, 0.717) is 13.1 Å². The van der Waals surface area contributed by atoms with Crippen LogP contribution in [0.2, 0.25) is 0 Å². The molecule has 0 radical (unpaired) electrons. The summed E-state index contributed by atoms with van der Waals surface area (Å²) in [4.78, 5) is 16.9. The zero-order valence-electron chi connectivity index (χ0n) is 13.8. The number of nitrogens with two attached hydrogens (primary N) is 1. The zero-order chi connectivity index (χ0) is 15.5. The Morgan fingerprint density at radius 2 is 1.91 bits per heavy atom. The van der Waals surface area contributed by atoms with E-state index < -0.39 is 5.41 Å². The van der Waals surface area contributed by atoms with Crippen LogP contribution in [-0.4, -0.2) is 21.8 Å². The van der Waals surface area contributed by atoms with E-state index in [4.69, 9.17) is 5.73 Å². The Bertz CT molecular complexity index is 630. The Kier molecular flexibility index (Phi) is 8.59. The second-order valence-electron chi connectivity index (χ2n) is 5.58. The van der Waals surface area contributed by atoms with Gasteiger partial charge in [-0.2, -0.15) is 0 Å². The van der Waals surface area contributed by atoms with Gasteiger partial charge in [-0.05, 0) is 31.4 Å². The van der Waals surface area contributed by atoms with E-state index in [0.717, 1.165) is 24.2 Å². The van der Waals surface area contributed by atoms with Crippen molar-refractivity contribution in [3.05, 3.63) is 35.8 Å². The lowest BCUT2D eigenvalue weighted by molar-refractivity contribution is -0.131. The second-order valence-corrected chi connectivity index (χ2v) is 5.58. The molecule has 3 N–H and O–H groups in total. The molecule has 0 saturated carbocycles. The molecular formula is C16H26Cl2N4O. The van der Waals surface area contributed by atoms with Crippen molar-refractivity contribution in [1.82, 2.24) is 14.7 Å². The molecule has 0 unspecified atom stereocenters. The van der Waals surface area contributed by atoms with Crippen LogP contribution < -0.4 is 11.1 Å². The van der Waals surface area contributed by atoms with Gasteiger partial charge in [0.1, 0.15) is 5.65 Å². The average molecular weight is 361 g/mol. The first-order chi connectivity index (χ1) is 10.0. The molecule has 1 amide bonds. The number of imidazole rings is 1. The predicted octanol–water partition coefficient (Wildman–Crippen LogP) is 2.87. The van der Waals surface area contributed by atoms with Gasteiger partial charge in [-0.1, -0.05) is 19.9 Å². The first-order valence-corrected chi connectivity index (χ1v) is 7.47. The fourth-order valence-corrected chi connectivity index (χ4v) is 2.55. The molecule has 0 aliphatic rings. The standard InChI is InChI=1S/C16H24N4O.2ClH/c1-4-16(5-2,11-17)15(21)18-8-13-10-20-9-12(3)6-7-14(20)19-13;;/h6-7,9-10H,4-5,8,11,17H2,1-3H3,(H,18,21);2*1H. The molecule has 7 heteroatoms. The van der Waals surface area contributed by atoms with Crippen molar-refractivity contribution in [3.8, 4) is 0 Å². The number of aryl methyl sites for hydroxylation is 1. The molecule has 0 atom stereocenters. The quantitative estimate of drug-likeness (QED) is 0.831. The summed E-state index contributed by atoms with van der Waals surface area (Å²) >= 11 is 0. The first kappa shape index (κ1) is 21.7. The molecule has 0 aromatic carbocycles. The maximum Gasteiger partial charge on any atom is 0.227 e. The number of nitrogens with zero attached hydrogens (tertiary/aromatic N) is 2. The Labute approximate surface area is 149 Å². The molecule has 0 fully saturated rings. The van der Waals surface area contributed by atoms with Crippen molar-refractivity contribution >= 4 is 36.4 Å². The molecule has 2 aromatic rings. The van der Waals surface area contributed by atoms with Gasteiger partial charge < -0.3 is 15.5 Å². The Hall–Kier alpha value is -1.30. The van der Waals surface area contributed by atoms with E-state index in [1.807, 2.05) is 49.7 Å². The van der Waals surface area contributed by atoms with Crippen LogP contribution in [-0.2, 0) is 11.3 Å². The van der Waals surface area contributed by atoms with Gasteiger partial charge in [-0.3, -0.25) is 4.79 Å². The number of hydrogen-bond donors (Lipinski definition) is 2. The second kappa shape index (κ2) is 9.11. The first-order valence-electron chi connectivity index (χ1n) is 7.47. The molecule has 5 nitrogen and oxygen atoms in total. The van der Waals surface area contributed by atoms with Crippen molar-refractivity contribution in [3.63, 3.8) is 0 Å². The maximum atomic E-state index is 12.4. The number of fused-ring (bicyclic) bond motifs is 1. The largest absolute Gasteiger partial charge is 0.350 e. The highest BCUT2D eigenvalue weighted by Crippen LogP contribution is 2.25. The SMILES string of the molecule is CCC(CC)(CN)C(=O)NCc1cn2cc(C)ccc2n1.Cl.Cl. The van der Waals surface area contributed by atoms with E-state index in [1.165, 1.54) is 5.56 Å². The van der Waals surface area contributed by atoms with Crippen LogP contribution in [0.3, 0.4) is 0 Å². The van der Waals surface area contributed by atoms with Crippen LogP contribution in [0.1, 0.15) is 37.9 Å². The predicted molar refractivity (Wildman–Crippen MR) is 98.3 cm³/mol. The van der Waals surface area contributed by atoms with Crippen molar-refractivity contribution in [2.45, 2.75) is 40.2 Å². The van der Waals surface area contributed by atoms with Crippen LogP contribution in [0.4, 0.5) is 0 Å². The number of aromatic nitrogens is 2. The number of hydrogen-bond acceptors (Lipinski definition) is 3. The molecule has 2 aromatic heterocycles. The van der Waals surface area contributed by atoms with Gasteiger partial charge in [-0.15, -0.1) is 24.8 Å². The van der Waals surface area contributed by atoms with Gasteiger partial charge in [0.2, 0.25) is 5.91 Å². The summed E-state index contributed by atoms with van der Waals surface area (Å²) in [5.74, 6) is 0.0169. The highest BCUT2D eigenvalue weighted by molar-refractivity contribution is 5.85. The van der Waals surface area contributed by atoms with Crippen molar-refractivity contribution in [2.24, 2.45) is 11.1 Å². The van der Waals surface area contributed by atoms with E-state index in [2.05, 4.69) is 10.3 Å². The van der Waals surface area contributed by atoms with Crippen molar-refractivity contribution in [2.75, 3.05) is 6.54 Å². The summed E-state index contributed by atoms with van der Waals surface area (Å²) in [6.07, 6.45) is 5.47. The molecule has 0 saturated heterocycles. The zero-order valence-corrected chi connectivity index (χ0v) is 15.5. The number of pyridine rings is 1. The third kappa shape index (κ3) is 4.59. The molecule has 0 aliphatic carbocycles. The van der Waals surface area contributed by atoms with E-state index in [9.17, 15) is 4.79 Å². The van der Waals surface area contributed by atoms with E-state index >= 15 is 0 Å². The summed E-state index contributed by atoms with van der Waals surface area (Å²) in [5.41, 5.74) is 8.25. The smallest absolute Gasteiger partial charge is 0.227 e. The van der Waals surface area contributed by atoms with Crippen molar-refractivity contribution in [1.29, 1.82) is 0 Å². The fraction of sp³-hybridized carbons (Fsp3) is 0.500. The number of amides is 1. The van der Waals surface area contributed by atoms with Crippen molar-refractivity contribution < 1.29 is 4.79 Å². The molecule has 0 spiro atoms. The number of carbonyl (C=O) groups is 1. The Morgan fingerprint density at radius 3 is 2.48 bits per heavy atom. The summed E-state index contributed by atoms with van der Waals surface area (Å²) in [6.45, 7) is 6.85. The topological polar surface area (TPSA) is 72.4 Å². The van der Waals surface area contributed by atoms with Gasteiger partial charge in [-0.25, -0.2) is 4.98 Å². The lowest BCUT2D eigenvalue weighted by Crippen LogP contribution is -2.45. The minimum Gasteiger partial charge on any atom is -0.350 e. The lowest BCUT2D eigenvalue weighted by atomic mass is 9.81. The van der Waals surface area contributed by atoms with Crippen LogP contribution >= 0.6 is 24.8 Å². The Morgan fingerprint density at radius 1 is 1.26 bits per heavy atom. The van der Waals surface area contributed by atoms with Gasteiger partial charge in [0, 0.05) is 18.9 Å². The van der Waals surface area contributed by atoms with Gasteiger partial charge in [0.05, 0.1) is 17.7 Å². The molecule has 2 rings (SSSR count). The van der Waals surface area contributed by atoms with E-state index in [1.54, 1.807) is 0 Å². The molecule has 130 valence electrons. The van der Waals surface area contributed by atoms with Crippen LogP contribution in [0.25, 0.3) is 5.65 Å². The number of nitrogens with one attached hydrogen (secondary N) is 1. The van der Waals surface area contributed by atoms with Gasteiger partial charge >= 0.3 is 0 Å². The fourth-order valence-electron chi connectivity index (χ4n) is 2.55. The third-order valence-corrected chi connectivity index (χ3v) is 4.30. The summed E-state index contributed by atoms with van der Waals surface area (Å²) in [5, 5.41) is 2.97. The number of rotatable bonds is 6. The van der Waals surface area contributed by atoms with Gasteiger partial charge in [0.25, 0.3) is 0 Å². The molecule has 0 bridgehead atoms. The monoisotopic (exact) mass is 360 g/mol. The molecule has 23 heavy (non-hydrogen) atoms. The normalized spacial score (nSPS) is 10.8. The highest BCUT2D eigenvalue weighted by atomic mass is 35.5. The average Bonchev–Trinajstić information content (AvgIpc) is 2.89. The number of carbonyl (C=O) groups excluding carboxylic acids is 1. The van der Waals surface area contributed by atoms with Gasteiger partial charge in [0.15, 0.2) is 0 Å². The maximum absolute atomic E-state index is 12.4. The highest BCUT2D eigenvalue weighted by Gasteiger charge is 2.33.